The highest BCUT2D eigenvalue weighted by Gasteiger charge is 2.38. The molecule has 0 radical (unpaired) electrons. The number of hydrogen-bond acceptors (Lipinski definition) is 4. The van der Waals surface area contributed by atoms with E-state index in [4.69, 9.17) is 4.74 Å². The van der Waals surface area contributed by atoms with E-state index >= 15 is 0 Å². The minimum absolute atomic E-state index is 0.228. The zero-order valence-electron chi connectivity index (χ0n) is 22.7. The lowest BCUT2D eigenvalue weighted by atomic mass is 9.96. The fourth-order valence-electron chi connectivity index (χ4n) is 3.59. The van der Waals surface area contributed by atoms with Gasteiger partial charge in [0.05, 0.1) is 0 Å². The smallest absolute Gasteiger partial charge is 0.408 e. The second-order valence-electron chi connectivity index (χ2n) is 11.5. The normalized spacial score (nSPS) is 14.7. The number of hydrogen-bond donors (Lipinski definition) is 2. The van der Waals surface area contributed by atoms with Crippen molar-refractivity contribution in [1.29, 1.82) is 0 Å². The molecule has 0 fully saturated rings. The molecule has 0 aliphatic carbocycles. The molecule has 0 saturated heterocycles. The number of benzene rings is 1. The van der Waals surface area contributed by atoms with Crippen molar-refractivity contribution in [2.24, 2.45) is 5.92 Å². The Balaban J connectivity index is 3.40. The molecule has 0 heterocycles. The summed E-state index contributed by atoms with van der Waals surface area (Å²) in [5, 5.41) is 5.68. The maximum absolute atomic E-state index is 13.8. The average Bonchev–Trinajstić information content (AvgIpc) is 2.67. The molecule has 1 aromatic rings. The molecule has 0 bridgehead atoms. The topological polar surface area (TPSA) is 87.7 Å². The van der Waals surface area contributed by atoms with Crippen LogP contribution in [0.5, 0.6) is 0 Å². The third-order valence-corrected chi connectivity index (χ3v) is 5.13. The fourth-order valence-corrected chi connectivity index (χ4v) is 3.59. The predicted octanol–water partition coefficient (Wildman–Crippen LogP) is 5.21. The molecule has 1 rings (SSSR count). The van der Waals surface area contributed by atoms with E-state index in [9.17, 15) is 14.4 Å². The van der Waals surface area contributed by atoms with Crippen LogP contribution in [0.1, 0.15) is 93.7 Å². The lowest BCUT2D eigenvalue weighted by Gasteiger charge is -2.39. The Morgan fingerprint density at radius 2 is 1.47 bits per heavy atom. The van der Waals surface area contributed by atoms with Gasteiger partial charge in [0, 0.05) is 11.6 Å². The van der Waals surface area contributed by atoms with Gasteiger partial charge in [-0.3, -0.25) is 9.59 Å². The Labute approximate surface area is 206 Å². The van der Waals surface area contributed by atoms with Gasteiger partial charge in [0.2, 0.25) is 11.8 Å². The first-order valence-electron chi connectivity index (χ1n) is 12.2. The monoisotopic (exact) mass is 475 g/mol. The summed E-state index contributed by atoms with van der Waals surface area (Å²) in [5.74, 6) is -0.136. The van der Waals surface area contributed by atoms with E-state index in [2.05, 4.69) is 24.5 Å². The molecular formula is C27H45N3O4. The molecule has 3 unspecified atom stereocenters. The van der Waals surface area contributed by atoms with E-state index in [0.29, 0.717) is 5.92 Å². The summed E-state index contributed by atoms with van der Waals surface area (Å²) in [5.41, 5.74) is -0.435. The Bertz CT molecular complexity index is 809. The molecule has 192 valence electrons. The quantitative estimate of drug-likeness (QED) is 0.513. The number of carbonyl (C=O) groups excluding carboxylic acids is 3. The van der Waals surface area contributed by atoms with Crippen molar-refractivity contribution >= 4 is 17.9 Å². The molecule has 34 heavy (non-hydrogen) atoms. The maximum Gasteiger partial charge on any atom is 0.408 e. The summed E-state index contributed by atoms with van der Waals surface area (Å²) < 4.78 is 5.34. The van der Waals surface area contributed by atoms with Gasteiger partial charge in [-0.1, -0.05) is 44.2 Å². The van der Waals surface area contributed by atoms with E-state index in [1.165, 1.54) is 0 Å². The zero-order chi connectivity index (χ0) is 26.3. The predicted molar refractivity (Wildman–Crippen MR) is 136 cm³/mol. The van der Waals surface area contributed by atoms with Gasteiger partial charge in [0.15, 0.2) is 0 Å². The summed E-state index contributed by atoms with van der Waals surface area (Å²) in [6.07, 6.45) is 0.967. The van der Waals surface area contributed by atoms with Crippen LogP contribution in [0.2, 0.25) is 0 Å². The van der Waals surface area contributed by atoms with E-state index in [1.807, 2.05) is 58.0 Å². The van der Waals surface area contributed by atoms with Crippen molar-refractivity contribution in [1.82, 2.24) is 15.5 Å². The van der Waals surface area contributed by atoms with Crippen LogP contribution < -0.4 is 10.6 Å². The Morgan fingerprint density at radius 1 is 0.912 bits per heavy atom. The van der Waals surface area contributed by atoms with Gasteiger partial charge in [-0.15, -0.1) is 0 Å². The van der Waals surface area contributed by atoms with Crippen molar-refractivity contribution in [3.05, 3.63) is 35.9 Å². The Kier molecular flexibility index (Phi) is 10.6. The first-order chi connectivity index (χ1) is 15.5. The lowest BCUT2D eigenvalue weighted by Crippen LogP contribution is -2.56. The maximum atomic E-state index is 13.8. The molecule has 3 amide bonds. The highest BCUT2D eigenvalue weighted by Crippen LogP contribution is 2.28. The van der Waals surface area contributed by atoms with Crippen molar-refractivity contribution in [2.45, 2.75) is 111 Å². The Hall–Kier alpha value is -2.57. The van der Waals surface area contributed by atoms with Crippen molar-refractivity contribution in [3.63, 3.8) is 0 Å². The van der Waals surface area contributed by atoms with Crippen molar-refractivity contribution in [2.75, 3.05) is 0 Å². The van der Waals surface area contributed by atoms with Crippen LogP contribution in [-0.2, 0) is 14.3 Å². The molecule has 0 spiro atoms. The highest BCUT2D eigenvalue weighted by atomic mass is 16.6. The molecule has 3 atom stereocenters. The van der Waals surface area contributed by atoms with Gasteiger partial charge in [0.25, 0.3) is 0 Å². The summed E-state index contributed by atoms with van der Waals surface area (Å²) in [6, 6.07) is 7.37. The first-order valence-corrected chi connectivity index (χ1v) is 12.2. The molecule has 0 aromatic heterocycles. The lowest BCUT2D eigenvalue weighted by molar-refractivity contribution is -0.145. The number of amides is 3. The summed E-state index contributed by atoms with van der Waals surface area (Å²) >= 11 is 0. The number of nitrogens with one attached hydrogen (secondary N) is 2. The van der Waals surface area contributed by atoms with Gasteiger partial charge < -0.3 is 20.3 Å². The minimum Gasteiger partial charge on any atom is -0.444 e. The van der Waals surface area contributed by atoms with Crippen LogP contribution in [0, 0.1) is 5.92 Å². The van der Waals surface area contributed by atoms with Crippen molar-refractivity contribution < 1.29 is 19.1 Å². The third kappa shape index (κ3) is 10.1. The van der Waals surface area contributed by atoms with Crippen LogP contribution in [-0.4, -0.2) is 46.0 Å². The minimum atomic E-state index is -0.870. The molecule has 7 heteroatoms. The third-order valence-electron chi connectivity index (χ3n) is 5.13. The summed E-state index contributed by atoms with van der Waals surface area (Å²) in [7, 11) is 0. The van der Waals surface area contributed by atoms with Gasteiger partial charge in [-0.25, -0.2) is 4.79 Å². The highest BCUT2D eigenvalue weighted by molar-refractivity contribution is 5.92. The van der Waals surface area contributed by atoms with E-state index in [-0.39, 0.29) is 17.9 Å². The molecule has 0 aliphatic rings. The van der Waals surface area contributed by atoms with E-state index in [0.717, 1.165) is 18.4 Å². The molecule has 7 nitrogen and oxygen atoms in total. The molecule has 2 N–H and O–H groups in total. The summed E-state index contributed by atoms with van der Waals surface area (Å²) in [6.45, 7) is 18.9. The zero-order valence-corrected chi connectivity index (χ0v) is 22.7. The SMILES string of the molecule is CC(C)CCC(C)N(C(=O)C(C)NC(=O)OC(C)(C)C)C(C(=O)NC(C)(C)C)c1ccccc1. The first kappa shape index (κ1) is 29.5. The van der Waals surface area contributed by atoms with Gasteiger partial charge in [-0.05, 0) is 79.7 Å². The second kappa shape index (κ2) is 12.2. The van der Waals surface area contributed by atoms with E-state index < -0.39 is 29.3 Å². The van der Waals surface area contributed by atoms with Crippen LogP contribution in [0.4, 0.5) is 4.79 Å². The molecule has 0 saturated carbocycles. The van der Waals surface area contributed by atoms with Crippen LogP contribution in [0.15, 0.2) is 30.3 Å². The number of nitrogens with zero attached hydrogens (tertiary/aromatic N) is 1. The Morgan fingerprint density at radius 3 is 1.94 bits per heavy atom. The van der Waals surface area contributed by atoms with Gasteiger partial charge >= 0.3 is 6.09 Å². The molecule has 1 aromatic carbocycles. The number of ether oxygens (including phenoxy) is 1. The van der Waals surface area contributed by atoms with Crippen molar-refractivity contribution in [3.8, 4) is 0 Å². The van der Waals surface area contributed by atoms with Crippen LogP contribution in [0.3, 0.4) is 0 Å². The van der Waals surface area contributed by atoms with Crippen LogP contribution >= 0.6 is 0 Å². The number of rotatable bonds is 9. The molecule has 0 aliphatic heterocycles. The fraction of sp³-hybridized carbons (Fsp3) is 0.667. The molecular weight excluding hydrogens is 430 g/mol. The van der Waals surface area contributed by atoms with Gasteiger partial charge in [0.1, 0.15) is 17.7 Å². The average molecular weight is 476 g/mol. The largest absolute Gasteiger partial charge is 0.444 e. The van der Waals surface area contributed by atoms with E-state index in [1.54, 1.807) is 32.6 Å². The number of carbonyl (C=O) groups is 3. The number of alkyl carbamates (subject to hydrolysis) is 1. The van der Waals surface area contributed by atoms with Gasteiger partial charge in [-0.2, -0.15) is 0 Å². The second-order valence-corrected chi connectivity index (χ2v) is 11.5. The standard InChI is InChI=1S/C27H45N3O4/c1-18(2)16-17-19(3)30(24(32)20(4)28-25(33)34-27(8,9)10)22(21-14-12-11-13-15-21)23(31)29-26(5,6)7/h11-15,18-20,22H,16-17H2,1-10H3,(H,28,33)(H,29,31). The summed E-state index contributed by atoms with van der Waals surface area (Å²) in [4.78, 5) is 41.3. The van der Waals surface area contributed by atoms with Crippen LogP contribution in [0.25, 0.3) is 0 Å².